The van der Waals surface area contributed by atoms with Crippen LogP contribution >= 0.6 is 0 Å². The zero-order valence-corrected chi connectivity index (χ0v) is 9.67. The van der Waals surface area contributed by atoms with Crippen LogP contribution < -0.4 is 0 Å². The summed E-state index contributed by atoms with van der Waals surface area (Å²) in [6.45, 7) is 1.04. The standard InChI is InChI=1S/C13H13F3O2/c14-13(15,16)11-4-2-1-3-10(11)12(17)7-9-5-6-18-8-9/h1-4,9H,5-8H2. The van der Waals surface area contributed by atoms with E-state index in [4.69, 9.17) is 4.74 Å². The summed E-state index contributed by atoms with van der Waals surface area (Å²) in [6.07, 6.45) is -3.63. The first kappa shape index (κ1) is 13.1. The van der Waals surface area contributed by atoms with Crippen molar-refractivity contribution < 1.29 is 22.7 Å². The van der Waals surface area contributed by atoms with E-state index in [-0.39, 0.29) is 17.9 Å². The molecule has 1 saturated heterocycles. The van der Waals surface area contributed by atoms with Crippen LogP contribution in [0.2, 0.25) is 0 Å². The van der Waals surface area contributed by atoms with Crippen molar-refractivity contribution in [2.45, 2.75) is 19.0 Å². The van der Waals surface area contributed by atoms with E-state index in [0.29, 0.717) is 13.2 Å². The first-order valence-corrected chi connectivity index (χ1v) is 5.75. The van der Waals surface area contributed by atoms with Crippen LogP contribution in [0.15, 0.2) is 24.3 Å². The highest BCUT2D eigenvalue weighted by Crippen LogP contribution is 2.33. The van der Waals surface area contributed by atoms with Gasteiger partial charge in [0.2, 0.25) is 0 Å². The molecule has 1 aliphatic heterocycles. The Morgan fingerprint density at radius 1 is 1.33 bits per heavy atom. The molecule has 1 unspecified atom stereocenters. The number of hydrogen-bond acceptors (Lipinski definition) is 2. The van der Waals surface area contributed by atoms with Crippen molar-refractivity contribution in [1.29, 1.82) is 0 Å². The second-order valence-corrected chi connectivity index (χ2v) is 4.40. The molecule has 5 heteroatoms. The highest BCUT2D eigenvalue weighted by molar-refractivity contribution is 5.97. The minimum absolute atomic E-state index is 0.0405. The molecule has 0 aromatic heterocycles. The van der Waals surface area contributed by atoms with Crippen LogP contribution in [-0.2, 0) is 10.9 Å². The molecule has 1 atom stereocenters. The van der Waals surface area contributed by atoms with E-state index < -0.39 is 17.5 Å². The second kappa shape index (κ2) is 5.10. The normalized spacial score (nSPS) is 20.1. The van der Waals surface area contributed by atoms with E-state index in [1.807, 2.05) is 0 Å². The van der Waals surface area contributed by atoms with E-state index in [1.165, 1.54) is 18.2 Å². The summed E-state index contributed by atoms with van der Waals surface area (Å²) < 4.78 is 43.4. The lowest BCUT2D eigenvalue weighted by Crippen LogP contribution is -2.15. The Morgan fingerprint density at radius 2 is 2.06 bits per heavy atom. The van der Waals surface area contributed by atoms with Crippen molar-refractivity contribution in [3.63, 3.8) is 0 Å². The lowest BCUT2D eigenvalue weighted by Gasteiger charge is -2.13. The largest absolute Gasteiger partial charge is 0.417 e. The van der Waals surface area contributed by atoms with Gasteiger partial charge < -0.3 is 4.74 Å². The predicted molar refractivity (Wildman–Crippen MR) is 59.3 cm³/mol. The first-order valence-electron chi connectivity index (χ1n) is 5.75. The van der Waals surface area contributed by atoms with Gasteiger partial charge in [-0.05, 0) is 18.4 Å². The lowest BCUT2D eigenvalue weighted by molar-refractivity contribution is -0.137. The summed E-state index contributed by atoms with van der Waals surface area (Å²) in [5, 5.41) is 0. The Bertz CT molecular complexity index is 434. The van der Waals surface area contributed by atoms with Gasteiger partial charge in [0, 0.05) is 25.2 Å². The van der Waals surface area contributed by atoms with Gasteiger partial charge >= 0.3 is 6.18 Å². The third-order valence-corrected chi connectivity index (χ3v) is 3.03. The summed E-state index contributed by atoms with van der Waals surface area (Å²) in [5.74, 6) is -0.419. The molecule has 1 fully saturated rings. The summed E-state index contributed by atoms with van der Waals surface area (Å²) in [6, 6.07) is 4.92. The number of ketones is 1. The summed E-state index contributed by atoms with van der Waals surface area (Å²) in [7, 11) is 0. The van der Waals surface area contributed by atoms with Gasteiger partial charge in [-0.3, -0.25) is 4.79 Å². The molecular weight excluding hydrogens is 245 g/mol. The molecule has 1 heterocycles. The maximum absolute atomic E-state index is 12.7. The molecule has 1 aromatic rings. The highest BCUT2D eigenvalue weighted by atomic mass is 19.4. The number of carbonyl (C=O) groups is 1. The van der Waals surface area contributed by atoms with Gasteiger partial charge in [-0.1, -0.05) is 18.2 Å². The Labute approximate surface area is 103 Å². The lowest BCUT2D eigenvalue weighted by atomic mass is 9.94. The fraction of sp³-hybridized carbons (Fsp3) is 0.462. The minimum Gasteiger partial charge on any atom is -0.381 e. The smallest absolute Gasteiger partial charge is 0.381 e. The van der Waals surface area contributed by atoms with Gasteiger partial charge in [0.1, 0.15) is 0 Å². The van der Waals surface area contributed by atoms with Crippen LogP contribution in [-0.4, -0.2) is 19.0 Å². The SMILES string of the molecule is O=C(CC1CCOC1)c1ccccc1C(F)(F)F. The summed E-state index contributed by atoms with van der Waals surface area (Å²) >= 11 is 0. The van der Waals surface area contributed by atoms with Gasteiger partial charge in [0.05, 0.1) is 5.56 Å². The second-order valence-electron chi connectivity index (χ2n) is 4.40. The van der Waals surface area contributed by atoms with Crippen molar-refractivity contribution in [3.8, 4) is 0 Å². The Morgan fingerprint density at radius 3 is 2.67 bits per heavy atom. The molecule has 1 aromatic carbocycles. The van der Waals surface area contributed by atoms with Crippen LogP contribution in [0.25, 0.3) is 0 Å². The number of hydrogen-bond donors (Lipinski definition) is 0. The Hall–Kier alpha value is -1.36. The number of rotatable bonds is 3. The van der Waals surface area contributed by atoms with Crippen LogP contribution in [0.1, 0.15) is 28.8 Å². The number of ether oxygens (including phenoxy) is 1. The molecule has 0 spiro atoms. The van der Waals surface area contributed by atoms with Crippen LogP contribution in [0.3, 0.4) is 0 Å². The molecule has 0 N–H and O–H groups in total. The number of halogens is 3. The molecule has 0 bridgehead atoms. The van der Waals surface area contributed by atoms with E-state index >= 15 is 0 Å². The van der Waals surface area contributed by atoms with Crippen molar-refractivity contribution in [2.24, 2.45) is 5.92 Å². The molecule has 1 aliphatic rings. The topological polar surface area (TPSA) is 26.3 Å². The summed E-state index contributed by atoms with van der Waals surface area (Å²) in [5.41, 5.74) is -1.09. The predicted octanol–water partition coefficient (Wildman–Crippen LogP) is 3.31. The molecule has 18 heavy (non-hydrogen) atoms. The van der Waals surface area contributed by atoms with E-state index in [1.54, 1.807) is 0 Å². The minimum atomic E-state index is -4.49. The average Bonchev–Trinajstić information content (AvgIpc) is 2.80. The molecule has 2 rings (SSSR count). The number of alkyl halides is 3. The van der Waals surface area contributed by atoms with E-state index in [2.05, 4.69) is 0 Å². The van der Waals surface area contributed by atoms with Gasteiger partial charge in [-0.25, -0.2) is 0 Å². The Balaban J connectivity index is 2.19. The van der Waals surface area contributed by atoms with Gasteiger partial charge in [0.25, 0.3) is 0 Å². The maximum atomic E-state index is 12.7. The number of Topliss-reactive ketones (excluding diaryl/α,β-unsaturated/α-hetero) is 1. The monoisotopic (exact) mass is 258 g/mol. The third kappa shape index (κ3) is 2.90. The molecule has 0 amide bonds. The molecule has 2 nitrogen and oxygen atoms in total. The average molecular weight is 258 g/mol. The van der Waals surface area contributed by atoms with Crippen LogP contribution in [0.4, 0.5) is 13.2 Å². The zero-order chi connectivity index (χ0) is 13.2. The molecule has 98 valence electrons. The van der Waals surface area contributed by atoms with Crippen molar-refractivity contribution >= 4 is 5.78 Å². The Kier molecular flexibility index (Phi) is 3.71. The summed E-state index contributed by atoms with van der Waals surface area (Å²) in [4.78, 5) is 11.9. The fourth-order valence-corrected chi connectivity index (χ4v) is 2.09. The fourth-order valence-electron chi connectivity index (χ4n) is 2.09. The molecule has 0 aliphatic carbocycles. The van der Waals surface area contributed by atoms with Gasteiger partial charge in [-0.2, -0.15) is 13.2 Å². The molecular formula is C13H13F3O2. The number of benzene rings is 1. The number of carbonyl (C=O) groups excluding carboxylic acids is 1. The van der Waals surface area contributed by atoms with Crippen LogP contribution in [0, 0.1) is 5.92 Å². The van der Waals surface area contributed by atoms with E-state index in [0.717, 1.165) is 12.5 Å². The van der Waals surface area contributed by atoms with Crippen molar-refractivity contribution in [3.05, 3.63) is 35.4 Å². The van der Waals surface area contributed by atoms with Gasteiger partial charge in [-0.15, -0.1) is 0 Å². The van der Waals surface area contributed by atoms with Crippen molar-refractivity contribution in [2.75, 3.05) is 13.2 Å². The third-order valence-electron chi connectivity index (χ3n) is 3.03. The van der Waals surface area contributed by atoms with Gasteiger partial charge in [0.15, 0.2) is 5.78 Å². The highest BCUT2D eigenvalue weighted by Gasteiger charge is 2.35. The maximum Gasteiger partial charge on any atom is 0.417 e. The molecule has 0 saturated carbocycles. The zero-order valence-electron chi connectivity index (χ0n) is 9.67. The van der Waals surface area contributed by atoms with E-state index in [9.17, 15) is 18.0 Å². The first-order chi connectivity index (χ1) is 8.48. The van der Waals surface area contributed by atoms with Crippen LogP contribution in [0.5, 0.6) is 0 Å². The quantitative estimate of drug-likeness (QED) is 0.777. The van der Waals surface area contributed by atoms with Crippen molar-refractivity contribution in [1.82, 2.24) is 0 Å². The molecule has 0 radical (unpaired) electrons.